The van der Waals surface area contributed by atoms with E-state index in [4.69, 9.17) is 0 Å². The van der Waals surface area contributed by atoms with E-state index in [1.165, 1.54) is 6.07 Å². The van der Waals surface area contributed by atoms with Crippen molar-refractivity contribution in [3.05, 3.63) is 39.9 Å². The van der Waals surface area contributed by atoms with Crippen molar-refractivity contribution in [2.24, 2.45) is 22.0 Å². The molecule has 0 bridgehead atoms. The molecule has 1 aromatic carbocycles. The summed E-state index contributed by atoms with van der Waals surface area (Å²) >= 11 is 0. The molecule has 24 heavy (non-hydrogen) atoms. The van der Waals surface area contributed by atoms with Gasteiger partial charge in [-0.15, -0.1) is 0 Å². The first kappa shape index (κ1) is 15.8. The number of nitro benzene ring substituents is 1. The van der Waals surface area contributed by atoms with Crippen LogP contribution >= 0.6 is 0 Å². The molecule has 2 atom stereocenters. The second kappa shape index (κ2) is 5.84. The number of nitrogens with one attached hydrogen (secondary N) is 2. The number of rotatable bonds is 4. The van der Waals surface area contributed by atoms with Gasteiger partial charge >= 0.3 is 0 Å². The summed E-state index contributed by atoms with van der Waals surface area (Å²) in [7, 11) is 0. The number of para-hydroxylation sites is 1. The van der Waals surface area contributed by atoms with Gasteiger partial charge in [-0.05, 0) is 13.8 Å². The molecule has 0 spiro atoms. The lowest BCUT2D eigenvalue weighted by molar-refractivity contribution is -0.385. The number of benzene rings is 1. The number of amides is 2. The van der Waals surface area contributed by atoms with Gasteiger partial charge in [0.2, 0.25) is 11.8 Å². The smallest absolute Gasteiger partial charge is 0.272 e. The lowest BCUT2D eigenvalue weighted by Gasteiger charge is -2.26. The van der Waals surface area contributed by atoms with E-state index in [0.29, 0.717) is 17.0 Å². The lowest BCUT2D eigenvalue weighted by atomic mass is 9.72. The number of nitrogens with zero attached hydrogens (tertiary/aromatic N) is 3. The van der Waals surface area contributed by atoms with Gasteiger partial charge in [-0.3, -0.25) is 19.7 Å². The molecule has 0 saturated carbocycles. The monoisotopic (exact) mass is 329 g/mol. The molecule has 0 fully saturated rings. The Kier molecular flexibility index (Phi) is 3.84. The van der Waals surface area contributed by atoms with Crippen molar-refractivity contribution in [1.82, 2.24) is 10.9 Å². The van der Waals surface area contributed by atoms with Gasteiger partial charge in [-0.1, -0.05) is 18.2 Å². The van der Waals surface area contributed by atoms with Crippen molar-refractivity contribution in [3.8, 4) is 0 Å². The summed E-state index contributed by atoms with van der Waals surface area (Å²) in [6, 6.07) is 6.12. The minimum atomic E-state index is -0.773. The zero-order chi connectivity index (χ0) is 17.4. The molecular weight excluding hydrogens is 314 g/mol. The zero-order valence-corrected chi connectivity index (χ0v) is 13.0. The maximum atomic E-state index is 12.3. The van der Waals surface area contributed by atoms with Crippen LogP contribution in [0.2, 0.25) is 0 Å². The number of hydrogen-bond acceptors (Lipinski definition) is 6. The molecule has 9 heteroatoms. The first-order valence-corrected chi connectivity index (χ1v) is 7.33. The summed E-state index contributed by atoms with van der Waals surface area (Å²) in [6.07, 6.45) is 0. The summed E-state index contributed by atoms with van der Waals surface area (Å²) in [6.45, 7) is 3.31. The van der Waals surface area contributed by atoms with Gasteiger partial charge in [0.05, 0.1) is 16.8 Å². The summed E-state index contributed by atoms with van der Waals surface area (Å²) in [5, 5.41) is 19.3. The molecule has 0 aliphatic carbocycles. The van der Waals surface area contributed by atoms with Crippen LogP contribution in [0.3, 0.4) is 0 Å². The van der Waals surface area contributed by atoms with Crippen LogP contribution in [0.5, 0.6) is 0 Å². The van der Waals surface area contributed by atoms with Gasteiger partial charge < -0.3 is 0 Å². The second-order valence-electron chi connectivity index (χ2n) is 5.76. The zero-order valence-electron chi connectivity index (χ0n) is 13.0. The Labute approximate surface area is 137 Å². The fourth-order valence-electron chi connectivity index (χ4n) is 3.28. The minimum Gasteiger partial charge on any atom is -0.272 e. The molecule has 1 aromatic rings. The van der Waals surface area contributed by atoms with E-state index in [-0.39, 0.29) is 17.5 Å². The van der Waals surface area contributed by atoms with Crippen LogP contribution in [0.25, 0.3) is 0 Å². The maximum Gasteiger partial charge on any atom is 0.272 e. The van der Waals surface area contributed by atoms with Crippen molar-refractivity contribution < 1.29 is 14.5 Å². The van der Waals surface area contributed by atoms with Crippen molar-refractivity contribution in [3.63, 3.8) is 0 Å². The van der Waals surface area contributed by atoms with E-state index in [2.05, 4.69) is 21.1 Å². The fourth-order valence-corrected chi connectivity index (χ4v) is 3.28. The molecule has 0 radical (unpaired) electrons. The molecule has 0 aromatic heterocycles. The van der Waals surface area contributed by atoms with Crippen LogP contribution in [-0.2, 0) is 9.59 Å². The first-order valence-electron chi connectivity index (χ1n) is 7.33. The molecule has 2 N–H and O–H groups in total. The predicted octanol–water partition coefficient (Wildman–Crippen LogP) is 0.922. The van der Waals surface area contributed by atoms with Crippen LogP contribution in [0, 0.1) is 22.0 Å². The van der Waals surface area contributed by atoms with Crippen LogP contribution in [0.1, 0.15) is 25.3 Å². The summed E-state index contributed by atoms with van der Waals surface area (Å²) in [5.41, 5.74) is 5.90. The molecule has 124 valence electrons. The first-order chi connectivity index (χ1) is 11.4. The average molecular weight is 329 g/mol. The van der Waals surface area contributed by atoms with E-state index in [0.717, 1.165) is 0 Å². The standard InChI is InChI=1S/C15H15N5O4/c1-7-11(14(21)18-16-7)13(12-8(2)17-19-15(12)22)9-5-3-4-6-10(9)20(23)24/h3-6,11-13H,1-2H3,(H,18,21)(H,19,22). The van der Waals surface area contributed by atoms with Crippen LogP contribution in [0.4, 0.5) is 5.69 Å². The third kappa shape index (κ3) is 2.43. The Morgan fingerprint density at radius 2 is 1.54 bits per heavy atom. The Morgan fingerprint density at radius 3 is 1.96 bits per heavy atom. The molecule has 3 rings (SSSR count). The number of hydrogen-bond donors (Lipinski definition) is 2. The van der Waals surface area contributed by atoms with Crippen molar-refractivity contribution in [2.75, 3.05) is 0 Å². The van der Waals surface area contributed by atoms with Gasteiger partial charge in [-0.2, -0.15) is 10.2 Å². The normalized spacial score (nSPS) is 24.1. The molecule has 2 amide bonds. The van der Waals surface area contributed by atoms with E-state index in [1.54, 1.807) is 32.0 Å². The van der Waals surface area contributed by atoms with E-state index in [9.17, 15) is 19.7 Å². The third-order valence-corrected chi connectivity index (χ3v) is 4.36. The number of nitro groups is 1. The number of carbonyl (C=O) groups excluding carboxylic acids is 2. The molecule has 2 aliphatic rings. The molecule has 2 heterocycles. The second-order valence-corrected chi connectivity index (χ2v) is 5.76. The SMILES string of the molecule is CC1=NNC(=O)C1C(c1ccccc1[N+](=O)[O-])C1C(=O)NN=C1C. The number of carbonyl (C=O) groups is 2. The van der Waals surface area contributed by atoms with Gasteiger partial charge in [0.1, 0.15) is 0 Å². The predicted molar refractivity (Wildman–Crippen MR) is 85.3 cm³/mol. The Hall–Kier alpha value is -3.10. The minimum absolute atomic E-state index is 0.137. The van der Waals surface area contributed by atoms with Crippen LogP contribution in [0.15, 0.2) is 34.5 Å². The Bertz CT molecular complexity index is 763. The Morgan fingerprint density at radius 1 is 1.04 bits per heavy atom. The van der Waals surface area contributed by atoms with Gasteiger partial charge in [0, 0.05) is 29.0 Å². The highest BCUT2D eigenvalue weighted by Gasteiger charge is 2.47. The largest absolute Gasteiger partial charge is 0.272 e. The summed E-state index contributed by atoms with van der Waals surface area (Å²) < 4.78 is 0. The average Bonchev–Trinajstić information content (AvgIpc) is 3.05. The molecule has 2 aliphatic heterocycles. The van der Waals surface area contributed by atoms with E-state index < -0.39 is 22.7 Å². The summed E-state index contributed by atoms with van der Waals surface area (Å²) in [5.74, 6) is -3.08. The summed E-state index contributed by atoms with van der Waals surface area (Å²) in [4.78, 5) is 35.5. The lowest BCUT2D eigenvalue weighted by Crippen LogP contribution is -2.38. The van der Waals surface area contributed by atoms with Crippen LogP contribution < -0.4 is 10.9 Å². The molecule has 2 unspecified atom stereocenters. The van der Waals surface area contributed by atoms with Gasteiger partial charge in [0.15, 0.2) is 0 Å². The van der Waals surface area contributed by atoms with Gasteiger partial charge in [0.25, 0.3) is 5.69 Å². The van der Waals surface area contributed by atoms with Crippen molar-refractivity contribution >= 4 is 28.9 Å². The number of hydrazone groups is 2. The fraction of sp³-hybridized carbons (Fsp3) is 0.333. The quantitative estimate of drug-likeness (QED) is 0.629. The highest BCUT2D eigenvalue weighted by Crippen LogP contribution is 2.41. The molecule has 0 saturated heterocycles. The van der Waals surface area contributed by atoms with E-state index in [1.807, 2.05) is 0 Å². The van der Waals surface area contributed by atoms with Gasteiger partial charge in [-0.25, -0.2) is 10.9 Å². The molecule has 9 nitrogen and oxygen atoms in total. The van der Waals surface area contributed by atoms with Crippen molar-refractivity contribution in [1.29, 1.82) is 0 Å². The highest BCUT2D eigenvalue weighted by atomic mass is 16.6. The maximum absolute atomic E-state index is 12.3. The highest BCUT2D eigenvalue weighted by molar-refractivity contribution is 6.12. The third-order valence-electron chi connectivity index (χ3n) is 4.36. The van der Waals surface area contributed by atoms with E-state index >= 15 is 0 Å². The Balaban J connectivity index is 2.19. The topological polar surface area (TPSA) is 126 Å². The molecular formula is C15H15N5O4. The van der Waals surface area contributed by atoms with Crippen molar-refractivity contribution in [2.45, 2.75) is 19.8 Å². The van der Waals surface area contributed by atoms with Crippen LogP contribution in [-0.4, -0.2) is 28.2 Å².